The van der Waals surface area contributed by atoms with Gasteiger partial charge in [-0.25, -0.2) is 8.42 Å². The van der Waals surface area contributed by atoms with Gasteiger partial charge in [0.05, 0.1) is 11.5 Å². The van der Waals surface area contributed by atoms with Gasteiger partial charge in [0.1, 0.15) is 5.84 Å². The Morgan fingerprint density at radius 3 is 2.75 bits per heavy atom. The zero-order chi connectivity index (χ0) is 12.2. The highest BCUT2D eigenvalue weighted by Crippen LogP contribution is 2.17. The van der Waals surface area contributed by atoms with Gasteiger partial charge >= 0.3 is 0 Å². The average molecular weight is 249 g/mol. The Kier molecular flexibility index (Phi) is 4.55. The molecule has 0 saturated carbocycles. The lowest BCUT2D eigenvalue weighted by molar-refractivity contribution is 0.228. The highest BCUT2D eigenvalue weighted by Gasteiger charge is 2.31. The third-order valence-corrected chi connectivity index (χ3v) is 4.66. The van der Waals surface area contributed by atoms with Crippen molar-refractivity contribution in [3.8, 4) is 0 Å². The minimum Gasteiger partial charge on any atom is -0.409 e. The molecule has 94 valence electrons. The van der Waals surface area contributed by atoms with Crippen molar-refractivity contribution in [3.63, 3.8) is 0 Å². The highest BCUT2D eigenvalue weighted by atomic mass is 32.2. The van der Waals surface area contributed by atoms with E-state index in [-0.39, 0.29) is 23.4 Å². The standard InChI is InChI=1S/C9H19N3O3S/c1-2-12(5-3-9(10)11-13)8-4-6-16(14,15)7-8/h8,13H,2-7H2,1H3,(H2,10,11). The molecule has 0 radical (unpaired) electrons. The topological polar surface area (TPSA) is 96.0 Å². The summed E-state index contributed by atoms with van der Waals surface area (Å²) < 4.78 is 22.7. The van der Waals surface area contributed by atoms with E-state index in [0.717, 1.165) is 6.54 Å². The minimum atomic E-state index is -2.85. The van der Waals surface area contributed by atoms with Crippen LogP contribution < -0.4 is 5.73 Å². The number of nitrogens with two attached hydrogens (primary N) is 1. The molecular formula is C9H19N3O3S. The van der Waals surface area contributed by atoms with Crippen molar-refractivity contribution in [2.45, 2.75) is 25.8 Å². The van der Waals surface area contributed by atoms with Gasteiger partial charge in [-0.3, -0.25) is 4.90 Å². The van der Waals surface area contributed by atoms with E-state index < -0.39 is 9.84 Å². The predicted molar refractivity (Wildman–Crippen MR) is 62.3 cm³/mol. The SMILES string of the molecule is CCN(CCC(N)=NO)C1CCS(=O)(=O)C1. The lowest BCUT2D eigenvalue weighted by Crippen LogP contribution is -2.38. The molecule has 1 atom stereocenters. The molecule has 0 spiro atoms. The Morgan fingerprint density at radius 1 is 1.62 bits per heavy atom. The summed E-state index contributed by atoms with van der Waals surface area (Å²) in [7, 11) is -2.85. The fourth-order valence-electron chi connectivity index (χ4n) is 1.97. The monoisotopic (exact) mass is 249 g/mol. The van der Waals surface area contributed by atoms with E-state index in [0.29, 0.717) is 19.4 Å². The number of oxime groups is 1. The second-order valence-electron chi connectivity index (χ2n) is 4.03. The molecule has 3 N–H and O–H groups in total. The summed E-state index contributed by atoms with van der Waals surface area (Å²) in [6.07, 6.45) is 1.15. The van der Waals surface area contributed by atoms with Gasteiger partial charge < -0.3 is 10.9 Å². The molecule has 1 aliphatic heterocycles. The Bertz CT molecular complexity index is 353. The first-order valence-corrected chi connectivity index (χ1v) is 7.21. The molecule has 1 aliphatic rings. The summed E-state index contributed by atoms with van der Waals surface area (Å²) in [6.45, 7) is 3.39. The van der Waals surface area contributed by atoms with Crippen molar-refractivity contribution in [2.24, 2.45) is 10.9 Å². The number of rotatable bonds is 5. The minimum absolute atomic E-state index is 0.0847. The molecule has 0 aromatic carbocycles. The van der Waals surface area contributed by atoms with E-state index in [2.05, 4.69) is 10.1 Å². The Hall–Kier alpha value is -0.820. The van der Waals surface area contributed by atoms with Crippen molar-refractivity contribution in [2.75, 3.05) is 24.6 Å². The number of amidine groups is 1. The van der Waals surface area contributed by atoms with E-state index in [4.69, 9.17) is 10.9 Å². The highest BCUT2D eigenvalue weighted by molar-refractivity contribution is 7.91. The molecule has 6 nitrogen and oxygen atoms in total. The van der Waals surface area contributed by atoms with Crippen LogP contribution in [-0.2, 0) is 9.84 Å². The maximum atomic E-state index is 11.3. The van der Waals surface area contributed by atoms with E-state index in [1.165, 1.54) is 0 Å². The van der Waals surface area contributed by atoms with Crippen molar-refractivity contribution in [3.05, 3.63) is 0 Å². The molecule has 0 aromatic rings. The number of hydrogen-bond acceptors (Lipinski definition) is 5. The molecule has 0 aliphatic carbocycles. The summed E-state index contributed by atoms with van der Waals surface area (Å²) in [6, 6.07) is 0.0847. The van der Waals surface area contributed by atoms with Crippen LogP contribution in [-0.4, -0.2) is 55.0 Å². The van der Waals surface area contributed by atoms with Gasteiger partial charge in [-0.15, -0.1) is 0 Å². The van der Waals surface area contributed by atoms with E-state index in [1.807, 2.05) is 6.92 Å². The first-order valence-electron chi connectivity index (χ1n) is 5.39. The second-order valence-corrected chi connectivity index (χ2v) is 6.26. The average Bonchev–Trinajstić information content (AvgIpc) is 2.59. The Morgan fingerprint density at radius 2 is 2.31 bits per heavy atom. The molecule has 1 heterocycles. The number of nitrogens with zero attached hydrogens (tertiary/aromatic N) is 2. The van der Waals surface area contributed by atoms with Crippen LogP contribution in [0.1, 0.15) is 19.8 Å². The fourth-order valence-corrected chi connectivity index (χ4v) is 3.73. The number of sulfone groups is 1. The van der Waals surface area contributed by atoms with Gasteiger partial charge in [-0.1, -0.05) is 12.1 Å². The molecule has 1 fully saturated rings. The smallest absolute Gasteiger partial charge is 0.151 e. The Balaban J connectivity index is 2.49. The van der Waals surface area contributed by atoms with Gasteiger partial charge in [0.2, 0.25) is 0 Å². The first-order chi connectivity index (χ1) is 7.48. The quantitative estimate of drug-likeness (QED) is 0.300. The molecule has 1 rings (SSSR count). The van der Waals surface area contributed by atoms with Crippen LogP contribution in [0.2, 0.25) is 0 Å². The lowest BCUT2D eigenvalue weighted by Gasteiger charge is -2.26. The van der Waals surface area contributed by atoms with Crippen LogP contribution in [0.3, 0.4) is 0 Å². The summed E-state index contributed by atoms with van der Waals surface area (Å²) in [5.41, 5.74) is 5.38. The molecule has 16 heavy (non-hydrogen) atoms. The first kappa shape index (κ1) is 13.2. The van der Waals surface area contributed by atoms with Crippen molar-refractivity contribution >= 4 is 15.7 Å². The molecule has 7 heteroatoms. The van der Waals surface area contributed by atoms with Crippen LogP contribution in [0, 0.1) is 0 Å². The predicted octanol–water partition coefficient (Wildman–Crippen LogP) is -0.368. The molecular weight excluding hydrogens is 230 g/mol. The Labute approximate surface area is 96.0 Å². The fraction of sp³-hybridized carbons (Fsp3) is 0.889. The summed E-state index contributed by atoms with van der Waals surface area (Å²) in [4.78, 5) is 2.07. The third-order valence-electron chi connectivity index (χ3n) is 2.91. The molecule has 0 amide bonds. The maximum Gasteiger partial charge on any atom is 0.151 e. The summed E-state index contributed by atoms with van der Waals surface area (Å²) in [5, 5.41) is 11.3. The zero-order valence-corrected chi connectivity index (χ0v) is 10.3. The van der Waals surface area contributed by atoms with Crippen molar-refractivity contribution in [1.82, 2.24) is 4.90 Å². The van der Waals surface area contributed by atoms with Gasteiger partial charge in [-0.05, 0) is 13.0 Å². The summed E-state index contributed by atoms with van der Waals surface area (Å²) in [5.74, 6) is 0.689. The maximum absolute atomic E-state index is 11.3. The summed E-state index contributed by atoms with van der Waals surface area (Å²) >= 11 is 0. The number of hydrogen-bond donors (Lipinski definition) is 2. The van der Waals surface area contributed by atoms with Crippen LogP contribution >= 0.6 is 0 Å². The second kappa shape index (κ2) is 5.49. The molecule has 1 saturated heterocycles. The largest absolute Gasteiger partial charge is 0.409 e. The van der Waals surface area contributed by atoms with E-state index in [1.54, 1.807) is 0 Å². The molecule has 0 bridgehead atoms. The normalized spacial score (nSPS) is 25.1. The van der Waals surface area contributed by atoms with Gasteiger partial charge in [-0.2, -0.15) is 0 Å². The molecule has 1 unspecified atom stereocenters. The van der Waals surface area contributed by atoms with Crippen LogP contribution in [0.4, 0.5) is 0 Å². The zero-order valence-electron chi connectivity index (χ0n) is 9.46. The van der Waals surface area contributed by atoms with Gasteiger partial charge in [0.15, 0.2) is 9.84 Å². The van der Waals surface area contributed by atoms with Crippen molar-refractivity contribution in [1.29, 1.82) is 0 Å². The van der Waals surface area contributed by atoms with Crippen LogP contribution in [0.5, 0.6) is 0 Å². The van der Waals surface area contributed by atoms with E-state index >= 15 is 0 Å². The van der Waals surface area contributed by atoms with Gasteiger partial charge in [0, 0.05) is 19.0 Å². The third kappa shape index (κ3) is 3.64. The van der Waals surface area contributed by atoms with Gasteiger partial charge in [0.25, 0.3) is 0 Å². The van der Waals surface area contributed by atoms with Crippen LogP contribution in [0.15, 0.2) is 5.16 Å². The lowest BCUT2D eigenvalue weighted by atomic mass is 10.2. The van der Waals surface area contributed by atoms with Crippen LogP contribution in [0.25, 0.3) is 0 Å². The molecule has 0 aromatic heterocycles. The van der Waals surface area contributed by atoms with E-state index in [9.17, 15) is 8.42 Å². The van der Waals surface area contributed by atoms with Crippen molar-refractivity contribution < 1.29 is 13.6 Å².